The van der Waals surface area contributed by atoms with Crippen molar-refractivity contribution >= 4 is 27.3 Å². The molecule has 1 aromatic carbocycles. The van der Waals surface area contributed by atoms with Crippen LogP contribution in [-0.2, 0) is 10.0 Å². The van der Waals surface area contributed by atoms with Crippen LogP contribution in [0.15, 0.2) is 23.1 Å². The van der Waals surface area contributed by atoms with Crippen LogP contribution in [0.4, 0.5) is 14.5 Å². The van der Waals surface area contributed by atoms with Gasteiger partial charge in [-0.15, -0.1) is 0 Å². The summed E-state index contributed by atoms with van der Waals surface area (Å²) in [6.45, 7) is -0.940. The summed E-state index contributed by atoms with van der Waals surface area (Å²) in [6.07, 6.45) is -2.75. The Morgan fingerprint density at radius 3 is 2.56 bits per heavy atom. The van der Waals surface area contributed by atoms with Gasteiger partial charge in [0.15, 0.2) is 0 Å². The van der Waals surface area contributed by atoms with Crippen molar-refractivity contribution in [3.05, 3.63) is 23.2 Å². The maximum absolute atomic E-state index is 11.9. The first-order chi connectivity index (χ1) is 7.33. The minimum absolute atomic E-state index is 0.0709. The molecule has 0 heterocycles. The molecule has 1 aromatic rings. The number of anilines is 1. The fourth-order valence-corrected chi connectivity index (χ4v) is 2.10. The Morgan fingerprint density at radius 1 is 1.44 bits per heavy atom. The van der Waals surface area contributed by atoms with Gasteiger partial charge in [0.25, 0.3) is 6.43 Å². The molecule has 0 aromatic heterocycles. The fourth-order valence-electron chi connectivity index (χ4n) is 0.945. The third kappa shape index (κ3) is 3.29. The molecule has 0 aliphatic rings. The van der Waals surface area contributed by atoms with Crippen molar-refractivity contribution in [1.82, 2.24) is 4.72 Å². The van der Waals surface area contributed by atoms with E-state index in [1.54, 1.807) is 4.72 Å². The first-order valence-electron chi connectivity index (χ1n) is 4.16. The average Bonchev–Trinajstić information content (AvgIpc) is 2.19. The van der Waals surface area contributed by atoms with Crippen LogP contribution >= 0.6 is 11.6 Å². The number of halogens is 3. The highest BCUT2D eigenvalue weighted by molar-refractivity contribution is 7.89. The van der Waals surface area contributed by atoms with Gasteiger partial charge in [-0.1, -0.05) is 11.6 Å². The smallest absolute Gasteiger partial charge is 0.251 e. The van der Waals surface area contributed by atoms with Gasteiger partial charge < -0.3 is 5.73 Å². The van der Waals surface area contributed by atoms with Gasteiger partial charge in [0.05, 0.1) is 22.2 Å². The van der Waals surface area contributed by atoms with Crippen molar-refractivity contribution in [2.45, 2.75) is 11.3 Å². The molecule has 0 spiro atoms. The standard InChI is InChI=1S/C8H9ClF2N2O2S/c9-6-2-1-5(3-7(6)12)16(14,15)13-4-8(10)11/h1-3,8,13H,4,12H2. The highest BCUT2D eigenvalue weighted by Gasteiger charge is 2.16. The number of hydrogen-bond acceptors (Lipinski definition) is 3. The summed E-state index contributed by atoms with van der Waals surface area (Å²) >= 11 is 5.60. The molecule has 0 saturated carbocycles. The van der Waals surface area contributed by atoms with Gasteiger partial charge in [0.2, 0.25) is 10.0 Å². The van der Waals surface area contributed by atoms with Crippen LogP contribution in [0.5, 0.6) is 0 Å². The van der Waals surface area contributed by atoms with Gasteiger partial charge in [-0.05, 0) is 18.2 Å². The lowest BCUT2D eigenvalue weighted by Gasteiger charge is -2.07. The van der Waals surface area contributed by atoms with Crippen LogP contribution < -0.4 is 10.5 Å². The summed E-state index contributed by atoms with van der Waals surface area (Å²) in [5.41, 5.74) is 5.47. The number of nitrogens with two attached hydrogens (primary N) is 1. The van der Waals surface area contributed by atoms with Crippen molar-refractivity contribution in [1.29, 1.82) is 0 Å². The third-order valence-corrected chi connectivity index (χ3v) is 3.47. The van der Waals surface area contributed by atoms with Crippen molar-refractivity contribution in [2.75, 3.05) is 12.3 Å². The van der Waals surface area contributed by atoms with Crippen LogP contribution in [0.2, 0.25) is 5.02 Å². The SMILES string of the molecule is Nc1cc(S(=O)(=O)NCC(F)F)ccc1Cl. The molecular formula is C8H9ClF2N2O2S. The number of alkyl halides is 2. The number of nitrogens with one attached hydrogen (secondary N) is 1. The quantitative estimate of drug-likeness (QED) is 0.814. The first-order valence-corrected chi connectivity index (χ1v) is 6.02. The van der Waals surface area contributed by atoms with Crippen molar-refractivity contribution in [3.63, 3.8) is 0 Å². The summed E-state index contributed by atoms with van der Waals surface area (Å²) < 4.78 is 48.4. The zero-order chi connectivity index (χ0) is 12.3. The molecule has 8 heteroatoms. The Labute approximate surface area is 96.4 Å². The van der Waals surface area contributed by atoms with Crippen LogP contribution in [0, 0.1) is 0 Å². The minimum atomic E-state index is -3.96. The lowest BCUT2D eigenvalue weighted by atomic mass is 10.3. The molecule has 0 amide bonds. The molecule has 0 radical (unpaired) electrons. The second kappa shape index (κ2) is 4.94. The van der Waals surface area contributed by atoms with E-state index >= 15 is 0 Å². The summed E-state index contributed by atoms with van der Waals surface area (Å²) in [5.74, 6) is 0. The van der Waals surface area contributed by atoms with E-state index in [0.717, 1.165) is 6.07 Å². The van der Waals surface area contributed by atoms with Crippen molar-refractivity contribution < 1.29 is 17.2 Å². The molecule has 1 rings (SSSR count). The van der Waals surface area contributed by atoms with Gasteiger partial charge in [0, 0.05) is 0 Å². The molecule has 0 aliphatic carbocycles. The largest absolute Gasteiger partial charge is 0.397 e. The highest BCUT2D eigenvalue weighted by atomic mass is 35.5. The monoisotopic (exact) mass is 270 g/mol. The zero-order valence-corrected chi connectivity index (χ0v) is 9.52. The fraction of sp³-hybridized carbons (Fsp3) is 0.250. The van der Waals surface area contributed by atoms with Crippen molar-refractivity contribution in [3.8, 4) is 0 Å². The van der Waals surface area contributed by atoms with E-state index in [2.05, 4.69) is 0 Å². The van der Waals surface area contributed by atoms with Gasteiger partial charge in [-0.25, -0.2) is 21.9 Å². The third-order valence-electron chi connectivity index (χ3n) is 1.71. The minimum Gasteiger partial charge on any atom is -0.397 e. The topological polar surface area (TPSA) is 72.2 Å². The Bertz CT molecular complexity index is 479. The van der Waals surface area contributed by atoms with Gasteiger partial charge in [-0.2, -0.15) is 0 Å². The summed E-state index contributed by atoms with van der Waals surface area (Å²) in [6, 6.07) is 3.58. The molecule has 0 unspecified atom stereocenters. The lowest BCUT2D eigenvalue weighted by molar-refractivity contribution is 0.153. The number of benzene rings is 1. The molecule has 0 atom stereocenters. The van der Waals surface area contributed by atoms with E-state index in [0.29, 0.717) is 0 Å². The Hall–Kier alpha value is -0.920. The predicted molar refractivity (Wildman–Crippen MR) is 57.1 cm³/mol. The second-order valence-corrected chi connectivity index (χ2v) is 5.10. The predicted octanol–water partition coefficient (Wildman–Crippen LogP) is 1.47. The van der Waals surface area contributed by atoms with E-state index in [1.807, 2.05) is 0 Å². The van der Waals surface area contributed by atoms with E-state index in [9.17, 15) is 17.2 Å². The van der Waals surface area contributed by atoms with Crippen LogP contribution in [0.1, 0.15) is 0 Å². The van der Waals surface area contributed by atoms with E-state index in [1.165, 1.54) is 12.1 Å². The molecular weight excluding hydrogens is 262 g/mol. The molecule has 0 saturated heterocycles. The van der Waals surface area contributed by atoms with E-state index in [-0.39, 0.29) is 15.6 Å². The molecule has 0 bridgehead atoms. The molecule has 0 fully saturated rings. The van der Waals surface area contributed by atoms with Crippen LogP contribution in [0.3, 0.4) is 0 Å². The second-order valence-electron chi connectivity index (χ2n) is 2.93. The molecule has 3 N–H and O–H groups in total. The lowest BCUT2D eigenvalue weighted by Crippen LogP contribution is -2.28. The molecule has 4 nitrogen and oxygen atoms in total. The van der Waals surface area contributed by atoms with Gasteiger partial charge in [-0.3, -0.25) is 0 Å². The normalized spacial score (nSPS) is 12.0. The number of sulfonamides is 1. The van der Waals surface area contributed by atoms with Gasteiger partial charge in [0.1, 0.15) is 0 Å². The average molecular weight is 271 g/mol. The van der Waals surface area contributed by atoms with Crippen LogP contribution in [0.25, 0.3) is 0 Å². The molecule has 16 heavy (non-hydrogen) atoms. The van der Waals surface area contributed by atoms with E-state index < -0.39 is 23.0 Å². The summed E-state index contributed by atoms with van der Waals surface area (Å²) in [4.78, 5) is -0.199. The maximum atomic E-state index is 11.9. The highest BCUT2D eigenvalue weighted by Crippen LogP contribution is 2.22. The van der Waals surface area contributed by atoms with Crippen molar-refractivity contribution in [2.24, 2.45) is 0 Å². The maximum Gasteiger partial charge on any atom is 0.251 e. The zero-order valence-electron chi connectivity index (χ0n) is 7.95. The van der Waals surface area contributed by atoms with Gasteiger partial charge >= 0.3 is 0 Å². The van der Waals surface area contributed by atoms with Crippen LogP contribution in [-0.4, -0.2) is 21.4 Å². The Kier molecular flexibility index (Phi) is 4.06. The summed E-state index contributed by atoms with van der Waals surface area (Å²) in [7, 11) is -3.96. The number of nitrogen functional groups attached to an aromatic ring is 1. The van der Waals surface area contributed by atoms with E-state index in [4.69, 9.17) is 17.3 Å². The number of rotatable bonds is 4. The number of hydrogen-bond donors (Lipinski definition) is 2. The summed E-state index contributed by atoms with van der Waals surface area (Å²) in [5, 5.41) is 0.202. The Balaban J connectivity index is 2.94. The molecule has 90 valence electrons. The Morgan fingerprint density at radius 2 is 2.06 bits per heavy atom. The molecule has 0 aliphatic heterocycles. The first kappa shape index (κ1) is 13.1.